The summed E-state index contributed by atoms with van der Waals surface area (Å²) in [6.45, 7) is 2.02. The number of rotatable bonds is 6. The van der Waals surface area contributed by atoms with Crippen molar-refractivity contribution in [1.82, 2.24) is 39.8 Å². The predicted octanol–water partition coefficient (Wildman–Crippen LogP) is 0.00340. The summed E-state index contributed by atoms with van der Waals surface area (Å²) in [4.78, 5) is 29.7. The average molecular weight is 399 g/mol. The number of carbonyl (C=O) groups is 2. The van der Waals surface area contributed by atoms with Crippen LogP contribution in [0.3, 0.4) is 0 Å². The molecule has 0 saturated carbocycles. The molecule has 0 aromatic carbocycles. The highest BCUT2D eigenvalue weighted by Crippen LogP contribution is 2.15. The molecule has 12 heteroatoms. The van der Waals surface area contributed by atoms with Crippen molar-refractivity contribution < 1.29 is 14.3 Å². The van der Waals surface area contributed by atoms with E-state index in [1.807, 2.05) is 12.1 Å². The Bertz CT molecular complexity index is 1010. The Labute approximate surface area is 165 Å². The summed E-state index contributed by atoms with van der Waals surface area (Å²) in [5.41, 5.74) is 0.920. The molecular formula is C17H21N9O3. The molecule has 29 heavy (non-hydrogen) atoms. The molecule has 2 amide bonds. The van der Waals surface area contributed by atoms with E-state index in [-0.39, 0.29) is 17.8 Å². The highest BCUT2D eigenvalue weighted by atomic mass is 16.5. The molecule has 1 atom stereocenters. The standard InChI is InChI=1S/C17H21N9O3/c1-29-16(27)13-11-25(23-21-13)8-5-19-17(28)24-7-4-12(10-24)20-14-2-3-15-18-6-9-26(15)22-14/h2-3,6,9,11-12H,4-5,7-8,10H2,1H3,(H,19,28)(H,20,22). The van der Waals surface area contributed by atoms with Gasteiger partial charge in [0.25, 0.3) is 0 Å². The lowest BCUT2D eigenvalue weighted by Crippen LogP contribution is -2.40. The number of likely N-dealkylation sites (tertiary alicyclic amines) is 1. The van der Waals surface area contributed by atoms with Gasteiger partial charge < -0.3 is 20.3 Å². The van der Waals surface area contributed by atoms with Gasteiger partial charge >= 0.3 is 12.0 Å². The Hall–Kier alpha value is -3.70. The zero-order valence-electron chi connectivity index (χ0n) is 15.9. The number of nitrogens with one attached hydrogen (secondary N) is 2. The molecule has 1 fully saturated rings. The lowest BCUT2D eigenvalue weighted by atomic mass is 10.2. The first kappa shape index (κ1) is 18.7. The van der Waals surface area contributed by atoms with Crippen LogP contribution in [0.25, 0.3) is 5.65 Å². The summed E-state index contributed by atoms with van der Waals surface area (Å²) < 4.78 is 7.77. The molecule has 12 nitrogen and oxygen atoms in total. The fourth-order valence-corrected chi connectivity index (χ4v) is 3.16. The summed E-state index contributed by atoms with van der Waals surface area (Å²) >= 11 is 0. The van der Waals surface area contributed by atoms with Gasteiger partial charge in [-0.2, -0.15) is 0 Å². The Morgan fingerprint density at radius 3 is 3.10 bits per heavy atom. The van der Waals surface area contributed by atoms with Crippen LogP contribution in [0.15, 0.2) is 30.7 Å². The summed E-state index contributed by atoms with van der Waals surface area (Å²) in [7, 11) is 1.28. The zero-order valence-corrected chi connectivity index (χ0v) is 15.9. The van der Waals surface area contributed by atoms with E-state index in [4.69, 9.17) is 0 Å². The minimum atomic E-state index is -0.544. The summed E-state index contributed by atoms with van der Waals surface area (Å²) in [6.07, 6.45) is 5.81. The van der Waals surface area contributed by atoms with Crippen LogP contribution in [-0.4, -0.2) is 79.3 Å². The second-order valence-corrected chi connectivity index (χ2v) is 6.61. The van der Waals surface area contributed by atoms with Crippen molar-refractivity contribution in [2.24, 2.45) is 0 Å². The minimum absolute atomic E-state index is 0.132. The van der Waals surface area contributed by atoms with E-state index in [1.54, 1.807) is 21.8 Å². The average Bonchev–Trinajstić information content (AvgIpc) is 3.47. The van der Waals surface area contributed by atoms with Gasteiger partial charge in [0.05, 0.1) is 19.9 Å². The monoisotopic (exact) mass is 399 g/mol. The van der Waals surface area contributed by atoms with E-state index in [9.17, 15) is 9.59 Å². The topological polar surface area (TPSA) is 132 Å². The van der Waals surface area contributed by atoms with Crippen LogP contribution in [0, 0.1) is 0 Å². The zero-order chi connectivity index (χ0) is 20.2. The van der Waals surface area contributed by atoms with E-state index in [2.05, 4.69) is 35.8 Å². The van der Waals surface area contributed by atoms with Crippen molar-refractivity contribution in [1.29, 1.82) is 0 Å². The second-order valence-electron chi connectivity index (χ2n) is 6.61. The van der Waals surface area contributed by atoms with Crippen LogP contribution < -0.4 is 10.6 Å². The number of imidazole rings is 1. The molecule has 1 aliphatic heterocycles. The number of urea groups is 1. The maximum absolute atomic E-state index is 12.4. The first-order valence-corrected chi connectivity index (χ1v) is 9.20. The van der Waals surface area contributed by atoms with Gasteiger partial charge in [-0.1, -0.05) is 5.21 Å². The molecule has 0 aliphatic carbocycles. The number of ether oxygens (including phenoxy) is 1. The second kappa shape index (κ2) is 8.12. The number of hydrogen-bond acceptors (Lipinski definition) is 8. The lowest BCUT2D eigenvalue weighted by molar-refractivity contribution is 0.0594. The maximum Gasteiger partial charge on any atom is 0.360 e. The molecule has 0 radical (unpaired) electrons. The van der Waals surface area contributed by atoms with E-state index >= 15 is 0 Å². The number of aromatic nitrogens is 6. The quantitative estimate of drug-likeness (QED) is 0.554. The number of amides is 2. The van der Waals surface area contributed by atoms with Gasteiger partial charge in [0.15, 0.2) is 11.3 Å². The Balaban J connectivity index is 1.23. The van der Waals surface area contributed by atoms with Crippen LogP contribution in [0.1, 0.15) is 16.9 Å². The van der Waals surface area contributed by atoms with Crippen molar-refractivity contribution in [3.05, 3.63) is 36.4 Å². The van der Waals surface area contributed by atoms with E-state index in [1.165, 1.54) is 18.0 Å². The fourth-order valence-electron chi connectivity index (χ4n) is 3.16. The number of methoxy groups -OCH3 is 1. The number of fused-ring (bicyclic) bond motifs is 1. The van der Waals surface area contributed by atoms with Gasteiger partial charge in [0, 0.05) is 38.1 Å². The highest BCUT2D eigenvalue weighted by molar-refractivity contribution is 5.86. The van der Waals surface area contributed by atoms with Crippen LogP contribution in [0.2, 0.25) is 0 Å². The lowest BCUT2D eigenvalue weighted by Gasteiger charge is -2.18. The number of carbonyl (C=O) groups excluding carboxylic acids is 2. The summed E-state index contributed by atoms with van der Waals surface area (Å²) in [6, 6.07) is 3.77. The maximum atomic E-state index is 12.4. The van der Waals surface area contributed by atoms with Gasteiger partial charge in [-0.25, -0.2) is 23.8 Å². The Morgan fingerprint density at radius 1 is 1.34 bits per heavy atom. The summed E-state index contributed by atoms with van der Waals surface area (Å²) in [5, 5.41) is 18.2. The fraction of sp³-hybridized carbons (Fsp3) is 0.412. The molecule has 1 aliphatic rings. The van der Waals surface area contributed by atoms with Gasteiger partial charge in [0.1, 0.15) is 5.82 Å². The first-order valence-electron chi connectivity index (χ1n) is 9.20. The molecule has 3 aromatic rings. The van der Waals surface area contributed by atoms with Gasteiger partial charge in [-0.05, 0) is 18.6 Å². The van der Waals surface area contributed by atoms with Crippen molar-refractivity contribution in [3.63, 3.8) is 0 Å². The molecule has 0 bridgehead atoms. The molecule has 0 spiro atoms. The third kappa shape index (κ3) is 4.25. The molecular weight excluding hydrogens is 378 g/mol. The smallest absolute Gasteiger partial charge is 0.360 e. The van der Waals surface area contributed by atoms with E-state index in [0.717, 1.165) is 17.9 Å². The van der Waals surface area contributed by atoms with Crippen molar-refractivity contribution >= 4 is 23.5 Å². The Morgan fingerprint density at radius 2 is 2.24 bits per heavy atom. The van der Waals surface area contributed by atoms with Crippen LogP contribution in [0.4, 0.5) is 10.6 Å². The largest absolute Gasteiger partial charge is 0.464 e. The molecule has 1 saturated heterocycles. The molecule has 4 rings (SSSR count). The van der Waals surface area contributed by atoms with E-state index in [0.29, 0.717) is 26.2 Å². The number of esters is 1. The normalized spacial score (nSPS) is 16.2. The van der Waals surface area contributed by atoms with Gasteiger partial charge in [-0.3, -0.25) is 0 Å². The molecule has 1 unspecified atom stereocenters. The van der Waals surface area contributed by atoms with E-state index < -0.39 is 5.97 Å². The predicted molar refractivity (Wildman–Crippen MR) is 101 cm³/mol. The highest BCUT2D eigenvalue weighted by Gasteiger charge is 2.26. The molecule has 4 heterocycles. The third-order valence-electron chi connectivity index (χ3n) is 4.63. The SMILES string of the molecule is COC(=O)c1cn(CCNC(=O)N2CCC(Nc3ccc4nccn4n3)C2)nn1. The molecule has 3 aromatic heterocycles. The number of anilines is 1. The van der Waals surface area contributed by atoms with Crippen molar-refractivity contribution in [2.75, 3.05) is 32.1 Å². The summed E-state index contributed by atoms with van der Waals surface area (Å²) in [5.74, 6) is 0.202. The van der Waals surface area contributed by atoms with Crippen molar-refractivity contribution in [2.45, 2.75) is 19.0 Å². The van der Waals surface area contributed by atoms with Crippen LogP contribution in [0.5, 0.6) is 0 Å². The van der Waals surface area contributed by atoms with Crippen LogP contribution >= 0.6 is 0 Å². The first-order chi connectivity index (χ1) is 14.1. The minimum Gasteiger partial charge on any atom is -0.464 e. The van der Waals surface area contributed by atoms with Gasteiger partial charge in [-0.15, -0.1) is 10.2 Å². The number of nitrogens with zero attached hydrogens (tertiary/aromatic N) is 7. The van der Waals surface area contributed by atoms with Gasteiger partial charge in [0.2, 0.25) is 0 Å². The number of hydrogen-bond donors (Lipinski definition) is 2. The molecule has 2 N–H and O–H groups in total. The Kier molecular flexibility index (Phi) is 5.22. The third-order valence-corrected chi connectivity index (χ3v) is 4.63. The molecule has 152 valence electrons. The van der Waals surface area contributed by atoms with Crippen molar-refractivity contribution in [3.8, 4) is 0 Å². The van der Waals surface area contributed by atoms with Crippen LogP contribution in [-0.2, 0) is 11.3 Å².